The molecular weight excluding hydrogens is 500 g/mol. The summed E-state index contributed by atoms with van der Waals surface area (Å²) in [6.07, 6.45) is 2.42. The summed E-state index contributed by atoms with van der Waals surface area (Å²) in [6.45, 7) is 2.08. The van der Waals surface area contributed by atoms with Crippen LogP contribution in [-0.2, 0) is 6.42 Å². The zero-order chi connectivity index (χ0) is 27.9. The van der Waals surface area contributed by atoms with Crippen LogP contribution in [0, 0.1) is 6.92 Å². The zero-order valence-electron chi connectivity index (χ0n) is 22.3. The first-order valence-electron chi connectivity index (χ1n) is 13.0. The number of aryl methyl sites for hydroxylation is 1. The third-order valence-electron chi connectivity index (χ3n) is 6.86. The summed E-state index contributed by atoms with van der Waals surface area (Å²) < 4.78 is 5.52. The van der Waals surface area contributed by atoms with Crippen molar-refractivity contribution in [3.05, 3.63) is 143 Å². The van der Waals surface area contributed by atoms with Gasteiger partial charge in [0, 0.05) is 12.0 Å². The number of para-hydroxylation sites is 1. The maximum absolute atomic E-state index is 12.0. The Labute approximate surface area is 233 Å². The molecule has 0 radical (unpaired) electrons. The number of anilines is 1. The lowest BCUT2D eigenvalue weighted by Crippen LogP contribution is -2.30. The summed E-state index contributed by atoms with van der Waals surface area (Å²) in [4.78, 5) is 12.0. The van der Waals surface area contributed by atoms with Gasteiger partial charge in [-0.05, 0) is 58.5 Å². The van der Waals surface area contributed by atoms with Crippen LogP contribution >= 0.6 is 0 Å². The van der Waals surface area contributed by atoms with Crippen LogP contribution in [0.15, 0.2) is 109 Å². The lowest BCUT2D eigenvalue weighted by Gasteiger charge is -2.23. The van der Waals surface area contributed by atoms with Gasteiger partial charge in [-0.25, -0.2) is 10.2 Å². The van der Waals surface area contributed by atoms with Crippen molar-refractivity contribution >= 4 is 11.8 Å². The topological polar surface area (TPSA) is 96.4 Å². The monoisotopic (exact) mass is 530 g/mol. The van der Waals surface area contributed by atoms with E-state index in [0.29, 0.717) is 11.4 Å². The second-order valence-corrected chi connectivity index (χ2v) is 9.44. The molecule has 0 aliphatic heterocycles. The molecule has 0 aliphatic carbocycles. The third kappa shape index (κ3) is 5.85. The van der Waals surface area contributed by atoms with E-state index in [2.05, 4.69) is 52.2 Å². The van der Waals surface area contributed by atoms with Gasteiger partial charge < -0.3 is 15.3 Å². The molecule has 200 valence electrons. The average molecular weight is 531 g/mol. The largest absolute Gasteiger partial charge is 0.496 e. The molecule has 3 N–H and O–H groups in total. The van der Waals surface area contributed by atoms with Crippen LogP contribution in [0.25, 0.3) is 11.1 Å². The number of hydrazine groups is 1. The van der Waals surface area contributed by atoms with Crippen molar-refractivity contribution in [1.29, 1.82) is 0 Å². The minimum Gasteiger partial charge on any atom is -0.496 e. The fourth-order valence-electron chi connectivity index (χ4n) is 4.92. The van der Waals surface area contributed by atoms with Crippen molar-refractivity contribution in [1.82, 2.24) is 15.6 Å². The molecule has 0 saturated heterocycles. The third-order valence-corrected chi connectivity index (χ3v) is 6.86. The van der Waals surface area contributed by atoms with E-state index >= 15 is 0 Å². The smallest absolute Gasteiger partial charge is 0.336 e. The zero-order valence-corrected chi connectivity index (χ0v) is 22.3. The van der Waals surface area contributed by atoms with E-state index in [4.69, 9.17) is 4.74 Å². The number of carbonyl (C=O) groups is 1. The minimum atomic E-state index is -0.984. The molecule has 40 heavy (non-hydrogen) atoms. The van der Waals surface area contributed by atoms with Crippen molar-refractivity contribution in [2.75, 3.05) is 12.5 Å². The Morgan fingerprint density at radius 1 is 0.900 bits per heavy atom. The van der Waals surface area contributed by atoms with E-state index in [-0.39, 0.29) is 5.56 Å². The predicted molar refractivity (Wildman–Crippen MR) is 156 cm³/mol. The number of methoxy groups -OCH3 is 1. The highest BCUT2D eigenvalue weighted by Crippen LogP contribution is 2.31. The van der Waals surface area contributed by atoms with Crippen molar-refractivity contribution in [3.63, 3.8) is 0 Å². The molecule has 0 saturated carbocycles. The van der Waals surface area contributed by atoms with Crippen molar-refractivity contribution in [2.45, 2.75) is 19.4 Å². The van der Waals surface area contributed by atoms with Crippen LogP contribution in [0.3, 0.4) is 0 Å². The van der Waals surface area contributed by atoms with Crippen molar-refractivity contribution in [3.8, 4) is 16.9 Å². The number of aromatic carboxylic acids is 1. The molecule has 0 bridgehead atoms. The van der Waals surface area contributed by atoms with Gasteiger partial charge in [0.2, 0.25) is 0 Å². The highest BCUT2D eigenvalue weighted by Gasteiger charge is 2.21. The quantitative estimate of drug-likeness (QED) is 0.178. The van der Waals surface area contributed by atoms with E-state index in [9.17, 15) is 9.90 Å². The highest BCUT2D eigenvalue weighted by molar-refractivity contribution is 5.89. The number of nitrogens with one attached hydrogen (secondary N) is 2. The van der Waals surface area contributed by atoms with Crippen LogP contribution < -0.4 is 15.6 Å². The Bertz CT molecular complexity index is 1620. The van der Waals surface area contributed by atoms with Gasteiger partial charge in [-0.15, -0.1) is 5.10 Å². The molecule has 0 spiro atoms. The van der Waals surface area contributed by atoms with Gasteiger partial charge in [0.1, 0.15) is 5.75 Å². The Morgan fingerprint density at radius 2 is 1.65 bits per heavy atom. The number of carboxylic acid groups (broad SMARTS) is 1. The molecule has 5 aromatic rings. The van der Waals surface area contributed by atoms with Crippen LogP contribution in [0.1, 0.15) is 44.2 Å². The Hall–Kier alpha value is -5.01. The molecule has 1 unspecified atom stereocenters. The maximum atomic E-state index is 12.0. The van der Waals surface area contributed by atoms with E-state index in [1.807, 2.05) is 66.7 Å². The van der Waals surface area contributed by atoms with Gasteiger partial charge in [0.05, 0.1) is 24.9 Å². The molecule has 4 aromatic carbocycles. The van der Waals surface area contributed by atoms with Gasteiger partial charge >= 0.3 is 5.97 Å². The number of benzene rings is 4. The molecule has 1 atom stereocenters. The molecule has 1 heterocycles. The number of hydrogen-bond donors (Lipinski definition) is 3. The molecule has 7 heteroatoms. The van der Waals surface area contributed by atoms with Crippen LogP contribution in [0.2, 0.25) is 0 Å². The lowest BCUT2D eigenvalue weighted by molar-refractivity contribution is 0.0695. The van der Waals surface area contributed by atoms with E-state index in [1.165, 1.54) is 5.56 Å². The average Bonchev–Trinajstić information content (AvgIpc) is 2.99. The summed E-state index contributed by atoms with van der Waals surface area (Å²) in [7, 11) is 1.69. The van der Waals surface area contributed by atoms with Gasteiger partial charge in [-0.1, -0.05) is 84.9 Å². The Morgan fingerprint density at radius 3 is 2.42 bits per heavy atom. The second-order valence-electron chi connectivity index (χ2n) is 9.44. The maximum Gasteiger partial charge on any atom is 0.336 e. The first-order chi connectivity index (χ1) is 19.5. The van der Waals surface area contributed by atoms with E-state index in [1.54, 1.807) is 25.4 Å². The number of carboxylic acids is 1. The predicted octanol–water partition coefficient (Wildman–Crippen LogP) is 6.46. The highest BCUT2D eigenvalue weighted by atomic mass is 16.5. The van der Waals surface area contributed by atoms with Gasteiger partial charge in [-0.3, -0.25) is 0 Å². The van der Waals surface area contributed by atoms with Crippen LogP contribution in [0.4, 0.5) is 5.82 Å². The summed E-state index contributed by atoms with van der Waals surface area (Å²) in [5.74, 6) is 0.428. The number of ether oxygens (including phenoxy) is 1. The summed E-state index contributed by atoms with van der Waals surface area (Å²) in [5, 5.41) is 18.3. The Kier molecular flexibility index (Phi) is 8.13. The summed E-state index contributed by atoms with van der Waals surface area (Å²) in [6, 6.07) is 32.6. The van der Waals surface area contributed by atoms with Crippen molar-refractivity contribution < 1.29 is 14.6 Å². The summed E-state index contributed by atoms with van der Waals surface area (Å²) in [5.41, 5.74) is 13.6. The fraction of sp³-hybridized carbons (Fsp3) is 0.121. The number of nitrogens with zero attached hydrogens (tertiary/aromatic N) is 2. The van der Waals surface area contributed by atoms with Gasteiger partial charge in [0.15, 0.2) is 5.82 Å². The van der Waals surface area contributed by atoms with Gasteiger partial charge in [0.25, 0.3) is 0 Å². The molecule has 0 aliphatic rings. The first kappa shape index (κ1) is 26.6. The molecule has 0 fully saturated rings. The lowest BCUT2D eigenvalue weighted by atomic mass is 9.95. The standard InChI is InChI=1S/C33H30N4O3/c1-22-20-23(21-25-12-6-9-15-30(25)40-2)16-17-26(22)28-18-19-34-36-32(28)37-35-31(24-10-4-3-5-11-24)27-13-7-8-14-29(27)33(38)39/h3-20,31,35H,21H2,1-2H3,(H,36,37)(H,38,39). The van der Waals surface area contributed by atoms with Gasteiger partial charge in [-0.2, -0.15) is 5.10 Å². The van der Waals surface area contributed by atoms with Crippen LogP contribution in [-0.4, -0.2) is 28.4 Å². The SMILES string of the molecule is COc1ccccc1Cc1ccc(-c2ccnnc2NNC(c2ccccc2)c2ccccc2C(=O)O)c(C)c1. The molecule has 7 nitrogen and oxygen atoms in total. The molecule has 0 amide bonds. The number of rotatable bonds is 10. The minimum absolute atomic E-state index is 0.228. The Balaban J connectivity index is 1.44. The van der Waals surface area contributed by atoms with Crippen LogP contribution in [0.5, 0.6) is 5.75 Å². The summed E-state index contributed by atoms with van der Waals surface area (Å²) >= 11 is 0. The number of aromatic nitrogens is 2. The molecule has 5 rings (SSSR count). The van der Waals surface area contributed by atoms with E-state index < -0.39 is 12.0 Å². The second kappa shape index (κ2) is 12.2. The normalized spacial score (nSPS) is 11.6. The number of hydrogen-bond acceptors (Lipinski definition) is 6. The fourth-order valence-corrected chi connectivity index (χ4v) is 4.92. The molecular formula is C33H30N4O3. The van der Waals surface area contributed by atoms with E-state index in [0.717, 1.165) is 40.0 Å². The van der Waals surface area contributed by atoms with Crippen molar-refractivity contribution in [2.24, 2.45) is 0 Å². The molecule has 1 aromatic heterocycles. The first-order valence-corrected chi connectivity index (χ1v) is 13.0.